The molecule has 0 amide bonds. The van der Waals surface area contributed by atoms with Gasteiger partial charge in [-0.25, -0.2) is 0 Å². The third-order valence-electron chi connectivity index (χ3n) is 1.96. The Balaban J connectivity index is 2.51. The molecule has 72 valence electrons. The summed E-state index contributed by atoms with van der Waals surface area (Å²) in [5.41, 5.74) is 2.63. The maximum atomic E-state index is 3.52. The lowest BCUT2D eigenvalue weighted by atomic mass is 10.1. The Morgan fingerprint density at radius 3 is 2.50 bits per heavy atom. The van der Waals surface area contributed by atoms with Crippen LogP contribution in [-0.2, 0) is 5.33 Å². The van der Waals surface area contributed by atoms with Crippen LogP contribution < -0.4 is 0 Å². The minimum absolute atomic E-state index is 0.902. The normalized spacial score (nSPS) is 10.4. The van der Waals surface area contributed by atoms with E-state index in [9.17, 15) is 0 Å². The van der Waals surface area contributed by atoms with Crippen molar-refractivity contribution in [3.63, 3.8) is 0 Å². The largest absolute Gasteiger partial charge is 0.128 e. The van der Waals surface area contributed by atoms with Gasteiger partial charge in [0, 0.05) is 10.2 Å². The summed E-state index contributed by atoms with van der Waals surface area (Å²) < 4.78 is 1.19. The van der Waals surface area contributed by atoms with Crippen molar-refractivity contribution in [2.75, 3.05) is 0 Å². The number of hydrogen-bond acceptors (Lipinski definition) is 1. The van der Waals surface area contributed by atoms with Crippen molar-refractivity contribution in [1.82, 2.24) is 0 Å². The quantitative estimate of drug-likeness (QED) is 0.674. The fourth-order valence-electron chi connectivity index (χ4n) is 1.33. The minimum atomic E-state index is 0.902. The highest BCUT2D eigenvalue weighted by Crippen LogP contribution is 2.36. The molecule has 0 saturated carbocycles. The molecule has 14 heavy (non-hydrogen) atoms. The van der Waals surface area contributed by atoms with Crippen molar-refractivity contribution < 1.29 is 0 Å². The molecule has 1 aromatic carbocycles. The van der Waals surface area contributed by atoms with E-state index >= 15 is 0 Å². The maximum absolute atomic E-state index is 3.52. The molecule has 1 heterocycles. The predicted octanol–water partition coefficient (Wildman–Crippen LogP) is 5.07. The smallest absolute Gasteiger partial charge is 0.0708 e. The average molecular weight is 332 g/mol. The molecule has 3 heteroatoms. The topological polar surface area (TPSA) is 0 Å². The first kappa shape index (κ1) is 10.4. The molecule has 0 bridgehead atoms. The first-order valence-electron chi connectivity index (χ1n) is 4.21. The van der Waals surface area contributed by atoms with Crippen LogP contribution in [0.1, 0.15) is 5.56 Å². The van der Waals surface area contributed by atoms with Crippen molar-refractivity contribution in [3.05, 3.63) is 45.7 Å². The maximum Gasteiger partial charge on any atom is 0.0708 e. The van der Waals surface area contributed by atoms with Crippen molar-refractivity contribution in [2.24, 2.45) is 0 Å². The van der Waals surface area contributed by atoms with Crippen molar-refractivity contribution >= 4 is 43.2 Å². The molecule has 1 aromatic heterocycles. The summed E-state index contributed by atoms with van der Waals surface area (Å²) >= 11 is 8.80. The minimum Gasteiger partial charge on any atom is -0.128 e. The van der Waals surface area contributed by atoms with Crippen molar-refractivity contribution in [2.45, 2.75) is 5.33 Å². The third kappa shape index (κ3) is 2.10. The van der Waals surface area contributed by atoms with Crippen LogP contribution in [0, 0.1) is 0 Å². The van der Waals surface area contributed by atoms with Gasteiger partial charge < -0.3 is 0 Å². The summed E-state index contributed by atoms with van der Waals surface area (Å²) in [4.78, 5) is 1.34. The molecule has 0 aliphatic carbocycles. The molecule has 0 aliphatic heterocycles. The van der Waals surface area contributed by atoms with E-state index in [1.165, 1.54) is 19.8 Å². The van der Waals surface area contributed by atoms with Gasteiger partial charge in [-0.2, -0.15) is 0 Å². The molecule has 0 atom stereocenters. The number of halogens is 2. The number of alkyl halides is 1. The standard InChI is InChI=1S/C11H8Br2S/c12-7-9-6-10(13)14-11(9)8-4-2-1-3-5-8/h1-6H,7H2. The molecule has 0 unspecified atom stereocenters. The van der Waals surface area contributed by atoms with Gasteiger partial charge >= 0.3 is 0 Å². The van der Waals surface area contributed by atoms with Crippen LogP contribution in [0.25, 0.3) is 10.4 Å². The van der Waals surface area contributed by atoms with Crippen LogP contribution in [-0.4, -0.2) is 0 Å². The molecule has 0 N–H and O–H groups in total. The number of thiophene rings is 1. The van der Waals surface area contributed by atoms with Crippen LogP contribution in [0.5, 0.6) is 0 Å². The van der Waals surface area contributed by atoms with Gasteiger partial charge in [0.2, 0.25) is 0 Å². The predicted molar refractivity (Wildman–Crippen MR) is 70.1 cm³/mol. The van der Waals surface area contributed by atoms with E-state index in [0.717, 1.165) is 5.33 Å². The summed E-state index contributed by atoms with van der Waals surface area (Å²) in [6.45, 7) is 0. The number of rotatable bonds is 2. The zero-order valence-electron chi connectivity index (χ0n) is 7.34. The highest BCUT2D eigenvalue weighted by Gasteiger charge is 2.07. The van der Waals surface area contributed by atoms with Crippen molar-refractivity contribution in [1.29, 1.82) is 0 Å². The second-order valence-corrected chi connectivity index (χ2v) is 5.90. The molecular weight excluding hydrogens is 324 g/mol. The first-order chi connectivity index (χ1) is 6.81. The van der Waals surface area contributed by atoms with E-state index in [1.54, 1.807) is 11.3 Å². The summed E-state index contributed by atoms with van der Waals surface area (Å²) in [6, 6.07) is 12.6. The zero-order valence-corrected chi connectivity index (χ0v) is 11.3. The van der Waals surface area contributed by atoms with Crippen LogP contribution >= 0.6 is 43.2 Å². The summed E-state index contributed by atoms with van der Waals surface area (Å²) in [5.74, 6) is 0. The van der Waals surface area contributed by atoms with Crippen LogP contribution in [0.4, 0.5) is 0 Å². The van der Waals surface area contributed by atoms with Gasteiger partial charge in [-0.1, -0.05) is 46.3 Å². The van der Waals surface area contributed by atoms with Crippen LogP contribution in [0.3, 0.4) is 0 Å². The van der Waals surface area contributed by atoms with E-state index < -0.39 is 0 Å². The van der Waals surface area contributed by atoms with E-state index in [0.29, 0.717) is 0 Å². The number of hydrogen-bond donors (Lipinski definition) is 0. The third-order valence-corrected chi connectivity index (χ3v) is 4.29. The molecule has 0 saturated heterocycles. The molecule has 0 nitrogen and oxygen atoms in total. The van der Waals surface area contributed by atoms with Gasteiger partial charge in [0.25, 0.3) is 0 Å². The van der Waals surface area contributed by atoms with Gasteiger partial charge in [-0.15, -0.1) is 11.3 Å². The Labute approximate surface area is 104 Å². The van der Waals surface area contributed by atoms with E-state index in [2.05, 4.69) is 62.2 Å². The van der Waals surface area contributed by atoms with E-state index in [1.807, 2.05) is 6.07 Å². The Morgan fingerprint density at radius 2 is 1.86 bits per heavy atom. The SMILES string of the molecule is BrCc1cc(Br)sc1-c1ccccc1. The average Bonchev–Trinajstić information content (AvgIpc) is 2.61. The Kier molecular flexibility index (Phi) is 3.42. The summed E-state index contributed by atoms with van der Waals surface area (Å²) in [5, 5.41) is 0.902. The van der Waals surface area contributed by atoms with Gasteiger partial charge in [-0.3, -0.25) is 0 Å². The highest BCUT2D eigenvalue weighted by molar-refractivity contribution is 9.11. The van der Waals surface area contributed by atoms with Gasteiger partial charge in [0.15, 0.2) is 0 Å². The lowest BCUT2D eigenvalue weighted by Gasteiger charge is -1.99. The molecule has 2 aromatic rings. The molecule has 0 fully saturated rings. The van der Waals surface area contributed by atoms with E-state index in [-0.39, 0.29) is 0 Å². The van der Waals surface area contributed by atoms with Gasteiger partial charge in [0.05, 0.1) is 3.79 Å². The summed E-state index contributed by atoms with van der Waals surface area (Å²) in [6.07, 6.45) is 0. The first-order valence-corrected chi connectivity index (χ1v) is 6.94. The molecule has 0 aliphatic rings. The molecular formula is C11H8Br2S. The van der Waals surface area contributed by atoms with Crippen LogP contribution in [0.15, 0.2) is 40.2 Å². The van der Waals surface area contributed by atoms with Crippen LogP contribution in [0.2, 0.25) is 0 Å². The van der Waals surface area contributed by atoms with Crippen molar-refractivity contribution in [3.8, 4) is 10.4 Å². The van der Waals surface area contributed by atoms with Gasteiger partial charge in [-0.05, 0) is 33.1 Å². The Bertz CT molecular complexity index is 420. The fraction of sp³-hybridized carbons (Fsp3) is 0.0909. The highest BCUT2D eigenvalue weighted by atomic mass is 79.9. The molecule has 0 spiro atoms. The number of benzene rings is 1. The monoisotopic (exact) mass is 330 g/mol. The lowest BCUT2D eigenvalue weighted by Crippen LogP contribution is -1.77. The van der Waals surface area contributed by atoms with E-state index in [4.69, 9.17) is 0 Å². The molecule has 0 radical (unpaired) electrons. The zero-order chi connectivity index (χ0) is 9.97. The Hall–Kier alpha value is -0.120. The second-order valence-electron chi connectivity index (χ2n) is 2.90. The molecule has 2 rings (SSSR count). The summed E-state index contributed by atoms with van der Waals surface area (Å²) in [7, 11) is 0. The fourth-order valence-corrected chi connectivity index (χ4v) is 3.63. The lowest BCUT2D eigenvalue weighted by molar-refractivity contribution is 1.49. The van der Waals surface area contributed by atoms with Gasteiger partial charge in [0.1, 0.15) is 0 Å². The Morgan fingerprint density at radius 1 is 1.14 bits per heavy atom. The second kappa shape index (κ2) is 4.60.